The molecule has 194 valence electrons. The normalized spacial score (nSPS) is 22.3. The molecule has 0 spiro atoms. The molecule has 2 aliphatic rings. The molecule has 0 bridgehead atoms. The number of carbonyl (C=O) groups excluding carboxylic acids is 2. The summed E-state index contributed by atoms with van der Waals surface area (Å²) >= 11 is 0. The minimum atomic E-state index is -1.45. The summed E-state index contributed by atoms with van der Waals surface area (Å²) < 4.78 is 20.5. The highest BCUT2D eigenvalue weighted by Gasteiger charge is 2.44. The molecule has 1 aromatic carbocycles. The number of aliphatic hydroxyl groups is 1. The van der Waals surface area contributed by atoms with Crippen molar-refractivity contribution in [3.8, 4) is 22.9 Å². The van der Waals surface area contributed by atoms with Crippen molar-refractivity contribution in [3.63, 3.8) is 0 Å². The number of alkyl halides is 1. The van der Waals surface area contributed by atoms with E-state index in [1.165, 1.54) is 11.2 Å². The summed E-state index contributed by atoms with van der Waals surface area (Å²) in [6, 6.07) is 10.6. The fourth-order valence-corrected chi connectivity index (χ4v) is 4.66. The zero-order chi connectivity index (χ0) is 26.6. The third-order valence-corrected chi connectivity index (χ3v) is 6.83. The molecule has 38 heavy (non-hydrogen) atoms. The number of hydrogen-bond donors (Lipinski definition) is 2. The van der Waals surface area contributed by atoms with Crippen LogP contribution in [-0.2, 0) is 9.59 Å². The molecule has 2 aromatic heterocycles. The first-order valence-electron chi connectivity index (χ1n) is 12.2. The van der Waals surface area contributed by atoms with Gasteiger partial charge in [-0.15, -0.1) is 0 Å². The van der Waals surface area contributed by atoms with Gasteiger partial charge >= 0.3 is 0 Å². The predicted octanol–water partition coefficient (Wildman–Crippen LogP) is 2.46. The highest BCUT2D eigenvalue weighted by Crippen LogP contribution is 2.47. The smallest absolute Gasteiger partial charge is 0.248 e. The van der Waals surface area contributed by atoms with E-state index in [-0.39, 0.29) is 48.6 Å². The molecule has 2 amide bonds. The lowest BCUT2D eigenvalue weighted by molar-refractivity contribution is -0.138. The highest BCUT2D eigenvalue weighted by molar-refractivity contribution is 5.95. The first kappa shape index (κ1) is 25.2. The van der Waals surface area contributed by atoms with Gasteiger partial charge in [0.05, 0.1) is 12.1 Å². The molecule has 1 aliphatic heterocycles. The summed E-state index contributed by atoms with van der Waals surface area (Å²) in [5.41, 5.74) is 2.61. The number of anilines is 1. The van der Waals surface area contributed by atoms with Gasteiger partial charge in [0.1, 0.15) is 36.7 Å². The molecule has 10 nitrogen and oxygen atoms in total. The molecule has 1 saturated heterocycles. The quantitative estimate of drug-likeness (QED) is 0.488. The van der Waals surface area contributed by atoms with E-state index < -0.39 is 24.8 Å². The number of halogens is 1. The van der Waals surface area contributed by atoms with Crippen molar-refractivity contribution in [2.75, 3.05) is 25.0 Å². The lowest BCUT2D eigenvalue weighted by Crippen LogP contribution is -2.50. The fourth-order valence-electron chi connectivity index (χ4n) is 4.66. The molecule has 11 heteroatoms. The van der Waals surface area contributed by atoms with Crippen LogP contribution in [0.5, 0.6) is 5.75 Å². The topological polar surface area (TPSA) is 141 Å². The molecule has 3 aromatic rings. The molecule has 5 rings (SSSR count). The predicted molar refractivity (Wildman–Crippen MR) is 133 cm³/mol. The Morgan fingerprint density at radius 1 is 1.21 bits per heavy atom. The fraction of sp³-hybridized carbons (Fsp3) is 0.333. The number of amides is 2. The number of rotatable bonds is 7. The SMILES string of the molecule is N#Cc1cc(-c2ccnc(NC(=O)[C@@H]3C[C@H]3c3cncnc3)c2)ccc1O[C@H]1CCN(C(=O)CO)C[C@H]1F. The van der Waals surface area contributed by atoms with Crippen LogP contribution in [0.3, 0.4) is 0 Å². The maximum atomic E-state index is 14.7. The van der Waals surface area contributed by atoms with Gasteiger partial charge in [-0.1, -0.05) is 6.07 Å². The summed E-state index contributed by atoms with van der Waals surface area (Å²) in [6.45, 7) is -0.574. The van der Waals surface area contributed by atoms with Crippen molar-refractivity contribution in [3.05, 3.63) is 66.4 Å². The first-order chi connectivity index (χ1) is 18.5. The molecule has 0 radical (unpaired) electrons. The van der Waals surface area contributed by atoms with Crippen LogP contribution < -0.4 is 10.1 Å². The average molecular weight is 517 g/mol. The number of hydrogen-bond acceptors (Lipinski definition) is 8. The van der Waals surface area contributed by atoms with Crippen LogP contribution in [0.2, 0.25) is 0 Å². The van der Waals surface area contributed by atoms with Crippen LogP contribution in [0.1, 0.15) is 29.9 Å². The zero-order valence-electron chi connectivity index (χ0n) is 20.3. The van der Waals surface area contributed by atoms with E-state index in [1.54, 1.807) is 48.9 Å². The van der Waals surface area contributed by atoms with Crippen molar-refractivity contribution < 1.29 is 23.8 Å². The van der Waals surface area contributed by atoms with E-state index in [0.717, 1.165) is 17.5 Å². The van der Waals surface area contributed by atoms with E-state index in [4.69, 9.17) is 9.84 Å². The van der Waals surface area contributed by atoms with Crippen LogP contribution in [-0.4, -0.2) is 68.7 Å². The Morgan fingerprint density at radius 2 is 2.00 bits per heavy atom. The largest absolute Gasteiger partial charge is 0.486 e. The van der Waals surface area contributed by atoms with E-state index in [0.29, 0.717) is 11.4 Å². The standard InChI is InChI=1S/C27H25FN6O4/c28-22-13-34(26(36)14-35)6-4-24(22)38-23-2-1-16(7-18(23)10-29)17-3-5-32-25(8-17)33-27(37)21-9-20(21)19-11-30-15-31-12-19/h1-3,5,7-8,11-12,15,20-22,24,35H,4,6,9,13-14H2,(H,32,33,37)/t20-,21+,22+,24-/m0/s1. The van der Waals surface area contributed by atoms with Crippen LogP contribution in [0.15, 0.2) is 55.2 Å². The van der Waals surface area contributed by atoms with E-state index in [2.05, 4.69) is 26.3 Å². The maximum Gasteiger partial charge on any atom is 0.248 e. The van der Waals surface area contributed by atoms with Gasteiger partial charge in [0.2, 0.25) is 11.8 Å². The van der Waals surface area contributed by atoms with Crippen LogP contribution >= 0.6 is 0 Å². The Bertz CT molecular complexity index is 1380. The summed E-state index contributed by atoms with van der Waals surface area (Å²) in [5, 5.41) is 21.6. The number of nitriles is 1. The number of benzene rings is 1. The average Bonchev–Trinajstić information content (AvgIpc) is 3.76. The maximum absolute atomic E-state index is 14.7. The Kier molecular flexibility index (Phi) is 7.24. The van der Waals surface area contributed by atoms with Crippen molar-refractivity contribution >= 4 is 17.6 Å². The van der Waals surface area contributed by atoms with Gasteiger partial charge in [-0.2, -0.15) is 5.26 Å². The van der Waals surface area contributed by atoms with E-state index in [9.17, 15) is 19.2 Å². The van der Waals surface area contributed by atoms with Crippen LogP contribution in [0.4, 0.5) is 10.2 Å². The van der Waals surface area contributed by atoms with Crippen LogP contribution in [0, 0.1) is 17.2 Å². The summed E-state index contributed by atoms with van der Waals surface area (Å²) in [6.07, 6.45) is 5.18. The number of piperidine rings is 1. The van der Waals surface area contributed by atoms with Crippen LogP contribution in [0.25, 0.3) is 11.1 Å². The number of aliphatic hydroxyl groups excluding tert-OH is 1. The van der Waals surface area contributed by atoms with Crippen molar-refractivity contribution in [2.24, 2.45) is 5.92 Å². The summed E-state index contributed by atoms with van der Waals surface area (Å²) in [7, 11) is 0. The van der Waals surface area contributed by atoms with Crippen molar-refractivity contribution in [2.45, 2.75) is 31.0 Å². The number of carbonyl (C=O) groups is 2. The Balaban J connectivity index is 1.25. The lowest BCUT2D eigenvalue weighted by atomic mass is 10.0. The molecule has 3 heterocycles. The number of nitrogens with one attached hydrogen (secondary N) is 1. The Hall–Kier alpha value is -4.43. The van der Waals surface area contributed by atoms with Gasteiger partial charge in [-0.3, -0.25) is 9.59 Å². The molecule has 2 N–H and O–H groups in total. The minimum absolute atomic E-state index is 0.0939. The number of aromatic nitrogens is 3. The molecular weight excluding hydrogens is 491 g/mol. The van der Waals surface area contributed by atoms with E-state index in [1.807, 2.05) is 0 Å². The summed E-state index contributed by atoms with van der Waals surface area (Å²) in [5.74, 6) is -0.0809. The van der Waals surface area contributed by atoms with Gasteiger partial charge in [-0.25, -0.2) is 19.3 Å². The first-order valence-corrected chi connectivity index (χ1v) is 12.2. The van der Waals surface area contributed by atoms with Gasteiger partial charge < -0.3 is 20.1 Å². The monoisotopic (exact) mass is 516 g/mol. The molecule has 4 atom stereocenters. The number of likely N-dealkylation sites (tertiary alicyclic amines) is 1. The Morgan fingerprint density at radius 3 is 2.74 bits per heavy atom. The molecule has 2 fully saturated rings. The zero-order valence-corrected chi connectivity index (χ0v) is 20.3. The molecule has 1 aliphatic carbocycles. The van der Waals surface area contributed by atoms with E-state index >= 15 is 0 Å². The minimum Gasteiger partial charge on any atom is -0.486 e. The third kappa shape index (κ3) is 5.45. The van der Waals surface area contributed by atoms with Gasteiger partial charge in [0.25, 0.3) is 0 Å². The third-order valence-electron chi connectivity index (χ3n) is 6.83. The molecule has 1 saturated carbocycles. The number of pyridine rings is 1. The summed E-state index contributed by atoms with van der Waals surface area (Å²) in [4.78, 5) is 37.9. The second-order valence-corrected chi connectivity index (χ2v) is 9.32. The lowest BCUT2D eigenvalue weighted by Gasteiger charge is -2.34. The van der Waals surface area contributed by atoms with Gasteiger partial charge in [0.15, 0.2) is 6.17 Å². The second kappa shape index (κ2) is 10.9. The molecule has 0 unspecified atom stereocenters. The molecular formula is C27H25FN6O4. The second-order valence-electron chi connectivity index (χ2n) is 9.32. The Labute approximate surface area is 218 Å². The van der Waals surface area contributed by atoms with Gasteiger partial charge in [-0.05, 0) is 53.3 Å². The number of ether oxygens (including phenoxy) is 1. The van der Waals surface area contributed by atoms with Gasteiger partial charge in [0, 0.05) is 37.5 Å². The van der Waals surface area contributed by atoms with Crippen molar-refractivity contribution in [1.82, 2.24) is 19.9 Å². The van der Waals surface area contributed by atoms with Crippen molar-refractivity contribution in [1.29, 1.82) is 5.26 Å². The number of nitrogens with zero attached hydrogens (tertiary/aromatic N) is 5. The highest BCUT2D eigenvalue weighted by atomic mass is 19.1.